The maximum Gasteiger partial charge on any atom is 0.131 e. The smallest absolute Gasteiger partial charge is 0.131 e. The molecule has 0 unspecified atom stereocenters. The molecule has 2 aromatic heterocycles. The molecule has 0 saturated carbocycles. The first kappa shape index (κ1) is 16.4. The van der Waals surface area contributed by atoms with Gasteiger partial charge >= 0.3 is 0 Å². The molecule has 0 aromatic carbocycles. The Morgan fingerprint density at radius 1 is 1.43 bits per heavy atom. The zero-order chi connectivity index (χ0) is 15.4. The van der Waals surface area contributed by atoms with E-state index in [0.29, 0.717) is 5.92 Å². The highest BCUT2D eigenvalue weighted by molar-refractivity contribution is 9.10. The largest absolute Gasteiger partial charge is 0.367 e. The maximum absolute atomic E-state index is 4.71. The predicted octanol–water partition coefficient (Wildman–Crippen LogP) is 3.78. The number of rotatable bonds is 6. The van der Waals surface area contributed by atoms with Gasteiger partial charge < -0.3 is 10.2 Å². The van der Waals surface area contributed by atoms with Gasteiger partial charge in [0, 0.05) is 34.2 Å². The molecule has 0 atom stereocenters. The fourth-order valence-electron chi connectivity index (χ4n) is 2.08. The van der Waals surface area contributed by atoms with E-state index >= 15 is 0 Å². The molecule has 4 nitrogen and oxygen atoms in total. The van der Waals surface area contributed by atoms with E-state index in [4.69, 9.17) is 4.98 Å². The van der Waals surface area contributed by atoms with Crippen LogP contribution in [0.25, 0.3) is 0 Å². The van der Waals surface area contributed by atoms with Crippen LogP contribution >= 0.6 is 27.3 Å². The van der Waals surface area contributed by atoms with Gasteiger partial charge in [-0.25, -0.2) is 9.97 Å². The number of nitrogens with one attached hydrogen (secondary N) is 1. The Hall–Kier alpha value is -0.980. The van der Waals surface area contributed by atoms with Crippen molar-refractivity contribution >= 4 is 33.0 Å². The quantitative estimate of drug-likeness (QED) is 0.842. The first-order valence-electron chi connectivity index (χ1n) is 6.95. The van der Waals surface area contributed by atoms with Crippen molar-refractivity contribution in [3.63, 3.8) is 0 Å². The maximum atomic E-state index is 4.71. The van der Waals surface area contributed by atoms with Crippen LogP contribution in [0.15, 0.2) is 22.1 Å². The van der Waals surface area contributed by atoms with Gasteiger partial charge in [0.2, 0.25) is 0 Å². The molecule has 2 rings (SSSR count). The fraction of sp³-hybridized carbons (Fsp3) is 0.467. The molecule has 2 aromatic rings. The summed E-state index contributed by atoms with van der Waals surface area (Å²) in [5.41, 5.74) is 2.13. The summed E-state index contributed by atoms with van der Waals surface area (Å²) in [5.74, 6) is 1.24. The van der Waals surface area contributed by atoms with Gasteiger partial charge in [0.1, 0.15) is 5.82 Å². The molecule has 0 aliphatic heterocycles. The van der Waals surface area contributed by atoms with Crippen LogP contribution in [0.1, 0.15) is 36.2 Å². The Labute approximate surface area is 138 Å². The van der Waals surface area contributed by atoms with Crippen molar-refractivity contribution in [3.05, 3.63) is 38.5 Å². The predicted molar refractivity (Wildman–Crippen MR) is 93.0 cm³/mol. The van der Waals surface area contributed by atoms with Crippen molar-refractivity contribution in [2.45, 2.75) is 32.9 Å². The van der Waals surface area contributed by atoms with Crippen molar-refractivity contribution in [1.82, 2.24) is 15.3 Å². The second-order valence-corrected chi connectivity index (χ2v) is 7.24. The minimum Gasteiger partial charge on any atom is -0.367 e. The van der Waals surface area contributed by atoms with Crippen molar-refractivity contribution in [2.75, 3.05) is 19.0 Å². The van der Waals surface area contributed by atoms with Gasteiger partial charge in [-0.1, -0.05) is 13.8 Å². The summed E-state index contributed by atoms with van der Waals surface area (Å²) in [6.07, 6.45) is 1.94. The number of nitrogens with zero attached hydrogens (tertiary/aromatic N) is 3. The lowest BCUT2D eigenvalue weighted by Gasteiger charge is -2.21. The van der Waals surface area contributed by atoms with Crippen LogP contribution in [0.2, 0.25) is 0 Å². The molecular formula is C15H21BrN4S. The Morgan fingerprint density at radius 2 is 2.19 bits per heavy atom. The molecule has 0 aliphatic carbocycles. The normalized spacial score (nSPS) is 11.1. The van der Waals surface area contributed by atoms with E-state index in [1.807, 2.05) is 13.2 Å². The minimum absolute atomic E-state index is 0.341. The van der Waals surface area contributed by atoms with E-state index in [1.54, 1.807) is 11.3 Å². The van der Waals surface area contributed by atoms with Crippen LogP contribution in [0.5, 0.6) is 0 Å². The molecule has 114 valence electrons. The van der Waals surface area contributed by atoms with Crippen LogP contribution in [0.4, 0.5) is 5.69 Å². The van der Waals surface area contributed by atoms with E-state index < -0.39 is 0 Å². The number of hydrogen-bond acceptors (Lipinski definition) is 5. The number of hydrogen-bond donors (Lipinski definition) is 1. The van der Waals surface area contributed by atoms with Gasteiger partial charge in [0.15, 0.2) is 0 Å². The van der Waals surface area contributed by atoms with Crippen molar-refractivity contribution in [1.29, 1.82) is 0 Å². The average Bonchev–Trinajstić information content (AvgIpc) is 2.84. The summed E-state index contributed by atoms with van der Waals surface area (Å²) < 4.78 is 1.14. The molecule has 0 aliphatic rings. The van der Waals surface area contributed by atoms with Gasteiger partial charge in [-0.2, -0.15) is 0 Å². The number of aromatic nitrogens is 2. The van der Waals surface area contributed by atoms with Crippen LogP contribution < -0.4 is 10.2 Å². The Bertz CT molecular complexity index is 597. The molecule has 0 spiro atoms. The second kappa shape index (κ2) is 7.33. The van der Waals surface area contributed by atoms with Gasteiger partial charge in [-0.3, -0.25) is 0 Å². The topological polar surface area (TPSA) is 41.1 Å². The molecule has 21 heavy (non-hydrogen) atoms. The molecule has 0 amide bonds. The SMILES string of the molecule is CNCc1nc(C(C)C)ncc1N(C)Cc1cc(Br)cs1. The third-order valence-electron chi connectivity index (χ3n) is 3.15. The summed E-state index contributed by atoms with van der Waals surface area (Å²) in [4.78, 5) is 12.7. The monoisotopic (exact) mass is 368 g/mol. The third-order valence-corrected chi connectivity index (χ3v) is 4.83. The van der Waals surface area contributed by atoms with Gasteiger partial charge in [0.25, 0.3) is 0 Å². The Kier molecular flexibility index (Phi) is 5.72. The number of thiophene rings is 1. The Balaban J connectivity index is 2.24. The number of anilines is 1. The van der Waals surface area contributed by atoms with Crippen molar-refractivity contribution in [2.24, 2.45) is 0 Å². The Morgan fingerprint density at radius 3 is 2.76 bits per heavy atom. The van der Waals surface area contributed by atoms with E-state index in [9.17, 15) is 0 Å². The molecule has 1 N–H and O–H groups in total. The molecule has 2 heterocycles. The molecule has 0 saturated heterocycles. The molecule has 0 radical (unpaired) electrons. The van der Waals surface area contributed by atoms with Crippen LogP contribution in [-0.4, -0.2) is 24.1 Å². The lowest BCUT2D eigenvalue weighted by Crippen LogP contribution is -2.21. The first-order valence-corrected chi connectivity index (χ1v) is 8.63. The van der Waals surface area contributed by atoms with E-state index in [0.717, 1.165) is 34.8 Å². The lowest BCUT2D eigenvalue weighted by molar-refractivity contribution is 0.719. The highest BCUT2D eigenvalue weighted by Gasteiger charge is 2.13. The van der Waals surface area contributed by atoms with Gasteiger partial charge in [-0.05, 0) is 29.0 Å². The first-order chi connectivity index (χ1) is 10.0. The highest BCUT2D eigenvalue weighted by Crippen LogP contribution is 2.25. The van der Waals surface area contributed by atoms with E-state index in [1.165, 1.54) is 4.88 Å². The molecule has 0 bridgehead atoms. The summed E-state index contributed by atoms with van der Waals surface area (Å²) in [6, 6.07) is 2.16. The third kappa shape index (κ3) is 4.25. The van der Waals surface area contributed by atoms with Crippen LogP contribution in [-0.2, 0) is 13.1 Å². The minimum atomic E-state index is 0.341. The average molecular weight is 369 g/mol. The fourth-order valence-corrected chi connectivity index (χ4v) is 3.58. The zero-order valence-electron chi connectivity index (χ0n) is 12.9. The summed E-state index contributed by atoms with van der Waals surface area (Å²) in [5, 5.41) is 5.30. The van der Waals surface area contributed by atoms with Crippen LogP contribution in [0.3, 0.4) is 0 Å². The standard InChI is InChI=1S/C15H21BrN4S/c1-10(2)15-18-7-14(13(19-15)6-17-3)20(4)8-12-5-11(16)9-21-12/h5,7,9-10,17H,6,8H2,1-4H3. The summed E-state index contributed by atoms with van der Waals surface area (Å²) >= 11 is 5.26. The van der Waals surface area contributed by atoms with Crippen molar-refractivity contribution in [3.8, 4) is 0 Å². The zero-order valence-corrected chi connectivity index (χ0v) is 15.3. The summed E-state index contributed by atoms with van der Waals surface area (Å²) in [6.45, 7) is 5.84. The van der Waals surface area contributed by atoms with E-state index in [2.05, 4.69) is 63.5 Å². The lowest BCUT2D eigenvalue weighted by atomic mass is 10.2. The number of halogens is 1. The second-order valence-electron chi connectivity index (χ2n) is 5.33. The summed E-state index contributed by atoms with van der Waals surface area (Å²) in [7, 11) is 4.03. The van der Waals surface area contributed by atoms with Crippen LogP contribution in [0, 0.1) is 0 Å². The van der Waals surface area contributed by atoms with Gasteiger partial charge in [-0.15, -0.1) is 11.3 Å². The molecular weight excluding hydrogens is 348 g/mol. The molecule has 0 fully saturated rings. The van der Waals surface area contributed by atoms with Crippen molar-refractivity contribution < 1.29 is 0 Å². The molecule has 6 heteroatoms. The van der Waals surface area contributed by atoms with E-state index in [-0.39, 0.29) is 0 Å². The highest BCUT2D eigenvalue weighted by atomic mass is 79.9. The van der Waals surface area contributed by atoms with Gasteiger partial charge in [0.05, 0.1) is 24.1 Å².